The number of aromatic nitrogens is 2. The van der Waals surface area contributed by atoms with Crippen LogP contribution in [0.1, 0.15) is 15.4 Å². The monoisotopic (exact) mass is 387 g/mol. The van der Waals surface area contributed by atoms with Crippen LogP contribution in [0.2, 0.25) is 5.02 Å². The number of ether oxygens (including phenoxy) is 1. The molecule has 0 spiro atoms. The van der Waals surface area contributed by atoms with Crippen molar-refractivity contribution in [2.75, 3.05) is 12.4 Å². The highest BCUT2D eigenvalue weighted by Crippen LogP contribution is 2.21. The zero-order valence-electron chi connectivity index (χ0n) is 13.6. The molecule has 0 aliphatic carbocycles. The third-order valence-electron chi connectivity index (χ3n) is 3.23. The molecular formula is C17H14ClN5O2S. The highest BCUT2D eigenvalue weighted by atomic mass is 35.5. The van der Waals surface area contributed by atoms with Crippen LogP contribution in [0.5, 0.6) is 5.75 Å². The van der Waals surface area contributed by atoms with Gasteiger partial charge >= 0.3 is 0 Å². The van der Waals surface area contributed by atoms with Gasteiger partial charge in [-0.3, -0.25) is 4.79 Å². The lowest BCUT2D eigenvalue weighted by Crippen LogP contribution is -2.17. The Kier molecular flexibility index (Phi) is 5.77. The summed E-state index contributed by atoms with van der Waals surface area (Å²) in [6.45, 7) is 0. The lowest BCUT2D eigenvalue weighted by atomic mass is 10.2. The molecule has 0 atom stereocenters. The van der Waals surface area contributed by atoms with Crippen molar-refractivity contribution >= 4 is 45.9 Å². The minimum Gasteiger partial charge on any atom is -0.497 e. The Bertz CT molecular complexity index is 910. The Hall–Kier alpha value is -2.97. The van der Waals surface area contributed by atoms with E-state index in [1.165, 1.54) is 17.6 Å². The van der Waals surface area contributed by atoms with Crippen molar-refractivity contribution in [1.82, 2.24) is 15.6 Å². The normalized spacial score (nSPS) is 10.7. The van der Waals surface area contributed by atoms with Gasteiger partial charge in [0.15, 0.2) is 5.01 Å². The molecule has 1 amide bonds. The molecule has 1 heterocycles. The molecule has 3 aromatic rings. The number of benzene rings is 2. The molecule has 0 unspecified atom stereocenters. The van der Waals surface area contributed by atoms with E-state index >= 15 is 0 Å². The SMILES string of the molecule is COc1ccc(C(=O)N/N=C/c2nnc(Nc3ccc(Cl)cc3)s2)cc1. The second kappa shape index (κ2) is 8.41. The summed E-state index contributed by atoms with van der Waals surface area (Å²) in [6, 6.07) is 14.0. The maximum Gasteiger partial charge on any atom is 0.271 e. The largest absolute Gasteiger partial charge is 0.497 e. The summed E-state index contributed by atoms with van der Waals surface area (Å²) >= 11 is 7.15. The molecule has 0 aliphatic heterocycles. The standard InChI is InChI=1S/C17H14ClN5O2S/c1-25-14-8-2-11(3-9-14)16(24)22-19-10-15-21-23-17(26-15)20-13-6-4-12(18)5-7-13/h2-10H,1H3,(H,20,23)(H,22,24)/b19-10+. The predicted molar refractivity (Wildman–Crippen MR) is 103 cm³/mol. The quantitative estimate of drug-likeness (QED) is 0.497. The third-order valence-corrected chi connectivity index (χ3v) is 4.25. The van der Waals surface area contributed by atoms with Crippen molar-refractivity contribution in [1.29, 1.82) is 0 Å². The molecule has 1 aromatic heterocycles. The number of nitrogens with one attached hydrogen (secondary N) is 2. The van der Waals surface area contributed by atoms with Crippen LogP contribution in [0.25, 0.3) is 0 Å². The van der Waals surface area contributed by atoms with Gasteiger partial charge in [-0.2, -0.15) is 5.10 Å². The summed E-state index contributed by atoms with van der Waals surface area (Å²) in [4.78, 5) is 12.0. The number of amides is 1. The fourth-order valence-corrected chi connectivity index (χ4v) is 2.71. The van der Waals surface area contributed by atoms with Crippen molar-refractivity contribution in [3.63, 3.8) is 0 Å². The summed E-state index contributed by atoms with van der Waals surface area (Å²) in [5.74, 6) is 0.354. The number of rotatable bonds is 6. The van der Waals surface area contributed by atoms with E-state index in [9.17, 15) is 4.79 Å². The molecular weight excluding hydrogens is 374 g/mol. The van der Waals surface area contributed by atoms with Crippen LogP contribution in [0.15, 0.2) is 53.6 Å². The first-order valence-corrected chi connectivity index (χ1v) is 8.67. The van der Waals surface area contributed by atoms with Crippen molar-refractivity contribution in [2.45, 2.75) is 0 Å². The van der Waals surface area contributed by atoms with Crippen LogP contribution in [-0.4, -0.2) is 29.4 Å². The maximum atomic E-state index is 12.0. The van der Waals surface area contributed by atoms with E-state index in [1.54, 1.807) is 43.5 Å². The first-order valence-electron chi connectivity index (χ1n) is 7.47. The van der Waals surface area contributed by atoms with E-state index < -0.39 is 0 Å². The summed E-state index contributed by atoms with van der Waals surface area (Å²) in [5, 5.41) is 16.8. The van der Waals surface area contributed by atoms with Gasteiger partial charge in [0.25, 0.3) is 5.91 Å². The summed E-state index contributed by atoms with van der Waals surface area (Å²) in [6.07, 6.45) is 1.44. The molecule has 0 saturated heterocycles. The zero-order chi connectivity index (χ0) is 18.4. The van der Waals surface area contributed by atoms with Gasteiger partial charge in [0.05, 0.1) is 13.3 Å². The van der Waals surface area contributed by atoms with E-state index in [0.29, 0.717) is 26.5 Å². The van der Waals surface area contributed by atoms with Crippen molar-refractivity contribution in [3.05, 3.63) is 64.1 Å². The third kappa shape index (κ3) is 4.78. The molecule has 7 nitrogen and oxygen atoms in total. The maximum absolute atomic E-state index is 12.0. The number of methoxy groups -OCH3 is 1. The van der Waals surface area contributed by atoms with E-state index in [-0.39, 0.29) is 5.91 Å². The minimum absolute atomic E-state index is 0.326. The number of hydrogen-bond acceptors (Lipinski definition) is 7. The predicted octanol–water partition coefficient (Wildman–Crippen LogP) is 3.71. The van der Waals surface area contributed by atoms with Crippen LogP contribution >= 0.6 is 22.9 Å². The Labute approximate surface area is 158 Å². The molecule has 3 rings (SSSR count). The second-order valence-electron chi connectivity index (χ2n) is 5.00. The highest BCUT2D eigenvalue weighted by molar-refractivity contribution is 7.16. The van der Waals surface area contributed by atoms with Gasteiger partial charge in [-0.05, 0) is 48.5 Å². The van der Waals surface area contributed by atoms with Gasteiger partial charge in [-0.1, -0.05) is 22.9 Å². The van der Waals surface area contributed by atoms with E-state index in [0.717, 1.165) is 5.69 Å². The molecule has 9 heteroatoms. The molecule has 0 saturated carbocycles. The first-order chi connectivity index (χ1) is 12.6. The molecule has 26 heavy (non-hydrogen) atoms. The number of anilines is 2. The molecule has 2 aromatic carbocycles. The summed E-state index contributed by atoms with van der Waals surface area (Å²) in [5.41, 5.74) is 3.77. The lowest BCUT2D eigenvalue weighted by molar-refractivity contribution is 0.0955. The van der Waals surface area contributed by atoms with Gasteiger partial charge < -0.3 is 10.1 Å². The Balaban J connectivity index is 1.56. The fraction of sp³-hybridized carbons (Fsp3) is 0.0588. The summed E-state index contributed by atoms with van der Waals surface area (Å²) in [7, 11) is 1.57. The van der Waals surface area contributed by atoms with Gasteiger partial charge in [-0.25, -0.2) is 5.43 Å². The number of hydrogen-bond donors (Lipinski definition) is 2. The Morgan fingerprint density at radius 3 is 2.58 bits per heavy atom. The van der Waals surface area contributed by atoms with E-state index in [1.807, 2.05) is 12.1 Å². The Morgan fingerprint density at radius 2 is 1.88 bits per heavy atom. The van der Waals surface area contributed by atoms with Crippen LogP contribution in [0, 0.1) is 0 Å². The Morgan fingerprint density at radius 1 is 1.15 bits per heavy atom. The number of carbonyl (C=O) groups excluding carboxylic acids is 1. The molecule has 0 aliphatic rings. The molecule has 0 radical (unpaired) electrons. The number of carbonyl (C=O) groups is 1. The minimum atomic E-state index is -0.326. The number of halogens is 1. The average molecular weight is 388 g/mol. The topological polar surface area (TPSA) is 88.5 Å². The molecule has 0 fully saturated rings. The number of nitrogens with zero attached hydrogens (tertiary/aromatic N) is 3. The first kappa shape index (κ1) is 17.8. The van der Waals surface area contributed by atoms with E-state index in [2.05, 4.69) is 26.0 Å². The van der Waals surface area contributed by atoms with Crippen molar-refractivity contribution in [2.24, 2.45) is 5.10 Å². The summed E-state index contributed by atoms with van der Waals surface area (Å²) < 4.78 is 5.05. The molecule has 2 N–H and O–H groups in total. The fourth-order valence-electron chi connectivity index (χ4n) is 1.95. The molecule has 132 valence electrons. The van der Waals surface area contributed by atoms with E-state index in [4.69, 9.17) is 16.3 Å². The van der Waals surface area contributed by atoms with Crippen LogP contribution < -0.4 is 15.5 Å². The lowest BCUT2D eigenvalue weighted by Gasteiger charge is -2.01. The second-order valence-corrected chi connectivity index (χ2v) is 6.45. The van der Waals surface area contributed by atoms with Gasteiger partial charge in [0.1, 0.15) is 5.75 Å². The van der Waals surface area contributed by atoms with Crippen LogP contribution in [-0.2, 0) is 0 Å². The van der Waals surface area contributed by atoms with Crippen LogP contribution in [0.3, 0.4) is 0 Å². The van der Waals surface area contributed by atoms with Crippen molar-refractivity contribution in [3.8, 4) is 5.75 Å². The van der Waals surface area contributed by atoms with Gasteiger partial charge in [0.2, 0.25) is 5.13 Å². The van der Waals surface area contributed by atoms with Gasteiger partial charge in [0, 0.05) is 16.3 Å². The molecule has 0 bridgehead atoms. The van der Waals surface area contributed by atoms with Crippen molar-refractivity contribution < 1.29 is 9.53 Å². The van der Waals surface area contributed by atoms with Crippen LogP contribution in [0.4, 0.5) is 10.8 Å². The average Bonchev–Trinajstić information content (AvgIpc) is 3.11. The van der Waals surface area contributed by atoms with Gasteiger partial charge in [-0.15, -0.1) is 10.2 Å². The smallest absolute Gasteiger partial charge is 0.271 e. The highest BCUT2D eigenvalue weighted by Gasteiger charge is 2.05. The zero-order valence-corrected chi connectivity index (χ0v) is 15.2. The number of hydrazone groups is 1.